The summed E-state index contributed by atoms with van der Waals surface area (Å²) in [5.74, 6) is -0.0481. The molecule has 0 bridgehead atoms. The lowest BCUT2D eigenvalue weighted by molar-refractivity contribution is -0.136. The van der Waals surface area contributed by atoms with E-state index in [0.29, 0.717) is 6.61 Å². The molecule has 0 spiro atoms. The van der Waals surface area contributed by atoms with Crippen molar-refractivity contribution in [3.63, 3.8) is 0 Å². The minimum Gasteiger partial charge on any atom is -0.493 e. The zero-order valence-electron chi connectivity index (χ0n) is 20.7. The van der Waals surface area contributed by atoms with Gasteiger partial charge in [-0.3, -0.25) is 9.78 Å². The number of aromatic nitrogens is 4. The molecule has 2 N–H and O–H groups in total. The van der Waals surface area contributed by atoms with Crippen LogP contribution in [0.15, 0.2) is 48.8 Å². The highest BCUT2D eigenvalue weighted by Crippen LogP contribution is 2.42. The Balaban J connectivity index is 0.000000489. The molecule has 0 unspecified atom stereocenters. The minimum atomic E-state index is -0.871. The number of aliphatic carboxylic acids is 1. The largest absolute Gasteiger partial charge is 0.493 e. The molecule has 5 aromatic rings. The second-order valence-corrected chi connectivity index (χ2v) is 10.0. The van der Waals surface area contributed by atoms with E-state index >= 15 is 0 Å². The number of hydrogen-bond acceptors (Lipinski definition) is 6. The molecule has 0 aliphatic carbocycles. The first-order valence-corrected chi connectivity index (χ1v) is 11.9. The van der Waals surface area contributed by atoms with Gasteiger partial charge in [-0.15, -0.1) is 5.10 Å². The topological polar surface area (TPSA) is 110 Å². The van der Waals surface area contributed by atoms with Gasteiger partial charge in [-0.1, -0.05) is 5.21 Å². The summed E-state index contributed by atoms with van der Waals surface area (Å²) < 4.78 is 7.67. The van der Waals surface area contributed by atoms with Crippen molar-refractivity contribution < 1.29 is 19.7 Å². The van der Waals surface area contributed by atoms with Crippen LogP contribution in [-0.4, -0.2) is 48.2 Å². The number of nitrogens with zero attached hydrogens (tertiary/aromatic N) is 4. The first kappa shape index (κ1) is 23.7. The van der Waals surface area contributed by atoms with E-state index in [-0.39, 0.29) is 6.42 Å². The van der Waals surface area contributed by atoms with Crippen molar-refractivity contribution in [3.05, 3.63) is 65.5 Å². The van der Waals surface area contributed by atoms with Crippen LogP contribution in [0, 0.1) is 6.92 Å². The first-order valence-electron chi connectivity index (χ1n) is 11.9. The first-order chi connectivity index (χ1) is 17.1. The lowest BCUT2D eigenvalue weighted by atomic mass is 9.88. The highest BCUT2D eigenvalue weighted by Gasteiger charge is 2.23. The van der Waals surface area contributed by atoms with Gasteiger partial charge in [0.2, 0.25) is 0 Å². The highest BCUT2D eigenvalue weighted by molar-refractivity contribution is 6.08. The van der Waals surface area contributed by atoms with Gasteiger partial charge in [-0.2, -0.15) is 0 Å². The predicted octanol–water partition coefficient (Wildman–Crippen LogP) is 4.75. The van der Waals surface area contributed by atoms with E-state index in [2.05, 4.69) is 10.3 Å². The van der Waals surface area contributed by atoms with Crippen LogP contribution in [0.4, 0.5) is 0 Å². The molecule has 0 saturated heterocycles. The van der Waals surface area contributed by atoms with Crippen LogP contribution in [0.25, 0.3) is 38.4 Å². The smallest absolute Gasteiger partial charge is 0.307 e. The van der Waals surface area contributed by atoms with Crippen LogP contribution in [0.2, 0.25) is 0 Å². The quantitative estimate of drug-likeness (QED) is 0.380. The van der Waals surface area contributed by atoms with Crippen LogP contribution in [0.3, 0.4) is 0 Å². The SMILES string of the molecule is CC(C)(C)O.Cc1cc2c(ccc3cnnn32)c(-c2ccc3c4c(ccnc24)CCO3)c1CC(=O)O. The number of carbonyl (C=O) groups is 1. The fraction of sp³-hybridized carbons (Fsp3) is 0.286. The van der Waals surface area contributed by atoms with Crippen molar-refractivity contribution in [1.29, 1.82) is 0 Å². The monoisotopic (exact) mass is 484 g/mol. The highest BCUT2D eigenvalue weighted by atomic mass is 16.5. The van der Waals surface area contributed by atoms with Gasteiger partial charge in [0.05, 0.1) is 41.4 Å². The van der Waals surface area contributed by atoms with Crippen molar-refractivity contribution >= 4 is 33.3 Å². The summed E-state index contributed by atoms with van der Waals surface area (Å²) in [6, 6.07) is 11.9. The van der Waals surface area contributed by atoms with Gasteiger partial charge in [0.25, 0.3) is 0 Å². The molecular formula is C28H28N4O4. The van der Waals surface area contributed by atoms with Crippen LogP contribution < -0.4 is 4.74 Å². The third-order valence-corrected chi connectivity index (χ3v) is 6.07. The molecule has 0 radical (unpaired) electrons. The van der Waals surface area contributed by atoms with E-state index in [1.807, 2.05) is 49.5 Å². The predicted molar refractivity (Wildman–Crippen MR) is 138 cm³/mol. The van der Waals surface area contributed by atoms with E-state index in [4.69, 9.17) is 14.8 Å². The van der Waals surface area contributed by atoms with E-state index < -0.39 is 11.6 Å². The van der Waals surface area contributed by atoms with Crippen molar-refractivity contribution in [3.8, 4) is 16.9 Å². The number of benzene rings is 2. The van der Waals surface area contributed by atoms with E-state index in [9.17, 15) is 9.90 Å². The Labute approximate surface area is 208 Å². The van der Waals surface area contributed by atoms with Crippen molar-refractivity contribution in [2.75, 3.05) is 6.61 Å². The maximum Gasteiger partial charge on any atom is 0.307 e. The summed E-state index contributed by atoms with van der Waals surface area (Å²) in [6.45, 7) is 7.82. The van der Waals surface area contributed by atoms with Gasteiger partial charge in [-0.25, -0.2) is 4.52 Å². The summed E-state index contributed by atoms with van der Waals surface area (Å²) in [6.07, 6.45) is 4.28. The van der Waals surface area contributed by atoms with Crippen molar-refractivity contribution in [2.45, 2.75) is 46.1 Å². The number of aryl methyl sites for hydroxylation is 1. The van der Waals surface area contributed by atoms with E-state index in [1.165, 1.54) is 5.56 Å². The number of rotatable bonds is 3. The lowest BCUT2D eigenvalue weighted by Gasteiger charge is -2.21. The number of ether oxygens (including phenoxy) is 1. The molecule has 0 atom stereocenters. The Morgan fingerprint density at radius 2 is 1.94 bits per heavy atom. The van der Waals surface area contributed by atoms with Crippen LogP contribution in [0.5, 0.6) is 5.75 Å². The number of carboxylic acids is 1. The van der Waals surface area contributed by atoms with Gasteiger partial charge in [0, 0.05) is 29.0 Å². The molecule has 1 aliphatic heterocycles. The second kappa shape index (κ2) is 8.87. The van der Waals surface area contributed by atoms with Crippen LogP contribution >= 0.6 is 0 Å². The summed E-state index contributed by atoms with van der Waals surface area (Å²) in [5.41, 5.74) is 6.73. The summed E-state index contributed by atoms with van der Waals surface area (Å²) in [4.78, 5) is 16.5. The van der Waals surface area contributed by atoms with Crippen LogP contribution in [0.1, 0.15) is 37.5 Å². The average molecular weight is 485 g/mol. The average Bonchev–Trinajstić information content (AvgIpc) is 3.29. The van der Waals surface area contributed by atoms with Gasteiger partial charge < -0.3 is 14.9 Å². The fourth-order valence-electron chi connectivity index (χ4n) is 4.70. The normalized spacial score (nSPS) is 12.9. The van der Waals surface area contributed by atoms with Gasteiger partial charge >= 0.3 is 5.97 Å². The fourth-order valence-corrected chi connectivity index (χ4v) is 4.70. The zero-order chi connectivity index (χ0) is 25.6. The number of pyridine rings is 2. The standard InChI is InChI=1S/C24H18N4O3.C4H10O/c1-13-10-19-16(3-2-15-12-26-27-28(15)19)23(18(13)11-21(29)30)17-4-5-20-22-14(7-9-31-20)6-8-25-24(17)22;1-4(2,3)5/h2-6,8,10,12H,7,9,11H2,1H3,(H,29,30);5H,1-3H3. The Bertz CT molecular complexity index is 1620. The van der Waals surface area contributed by atoms with Gasteiger partial charge in [0.15, 0.2) is 0 Å². The minimum absolute atomic E-state index is 0.0774. The Morgan fingerprint density at radius 3 is 2.69 bits per heavy atom. The summed E-state index contributed by atoms with van der Waals surface area (Å²) >= 11 is 0. The van der Waals surface area contributed by atoms with Crippen LogP contribution in [-0.2, 0) is 17.6 Å². The zero-order valence-corrected chi connectivity index (χ0v) is 20.7. The maximum atomic E-state index is 11.8. The number of fused-ring (bicyclic) bond motifs is 3. The van der Waals surface area contributed by atoms with Gasteiger partial charge in [-0.05, 0) is 86.3 Å². The van der Waals surface area contributed by atoms with Crippen molar-refractivity contribution in [1.82, 2.24) is 19.8 Å². The van der Waals surface area contributed by atoms with Gasteiger partial charge in [0.1, 0.15) is 5.75 Å². The molecule has 8 heteroatoms. The maximum absolute atomic E-state index is 11.8. The molecule has 6 rings (SSSR count). The molecule has 0 amide bonds. The third kappa shape index (κ3) is 4.35. The molecule has 184 valence electrons. The molecule has 2 aromatic carbocycles. The molecule has 1 aliphatic rings. The Morgan fingerprint density at radius 1 is 1.17 bits per heavy atom. The Hall–Kier alpha value is -4.04. The molecular weight excluding hydrogens is 456 g/mol. The van der Waals surface area contributed by atoms with Crippen molar-refractivity contribution in [2.24, 2.45) is 0 Å². The Kier molecular flexibility index (Phi) is 5.84. The summed E-state index contributed by atoms with van der Waals surface area (Å²) in [7, 11) is 0. The lowest BCUT2D eigenvalue weighted by Crippen LogP contribution is -2.10. The second-order valence-electron chi connectivity index (χ2n) is 10.0. The van der Waals surface area contributed by atoms with E-state index in [0.717, 1.165) is 61.7 Å². The number of carboxylic acid groups (broad SMARTS) is 1. The molecule has 4 heterocycles. The number of hydrogen-bond donors (Lipinski definition) is 2. The molecule has 0 saturated carbocycles. The number of aliphatic hydroxyl groups is 1. The molecule has 8 nitrogen and oxygen atoms in total. The summed E-state index contributed by atoms with van der Waals surface area (Å²) in [5, 5.41) is 28.4. The third-order valence-electron chi connectivity index (χ3n) is 6.07. The molecule has 3 aromatic heterocycles. The molecule has 0 fully saturated rings. The van der Waals surface area contributed by atoms with E-state index in [1.54, 1.807) is 31.5 Å². The molecule has 36 heavy (non-hydrogen) atoms.